The summed E-state index contributed by atoms with van der Waals surface area (Å²) in [5, 5.41) is 3.13. The number of carbonyl (C=O) groups is 1. The molecular formula is C18H26N2OS. The summed E-state index contributed by atoms with van der Waals surface area (Å²) < 4.78 is 0. The summed E-state index contributed by atoms with van der Waals surface area (Å²) in [6.45, 7) is 0.746. The molecule has 3 nitrogen and oxygen atoms in total. The highest BCUT2D eigenvalue weighted by Gasteiger charge is 2.40. The molecule has 1 aromatic carbocycles. The Kier molecular flexibility index (Phi) is 5.42. The second-order valence-corrected chi connectivity index (χ2v) is 7.82. The molecule has 0 saturated heterocycles. The summed E-state index contributed by atoms with van der Waals surface area (Å²) in [5.41, 5.74) is 6.30. The largest absolute Gasteiger partial charge is 0.355 e. The molecule has 2 bridgehead atoms. The second kappa shape index (κ2) is 7.51. The summed E-state index contributed by atoms with van der Waals surface area (Å²) >= 11 is 1.79. The number of amides is 1. The van der Waals surface area contributed by atoms with Gasteiger partial charge < -0.3 is 11.1 Å². The molecule has 4 heteroatoms. The van der Waals surface area contributed by atoms with E-state index in [1.165, 1.54) is 24.2 Å². The van der Waals surface area contributed by atoms with Gasteiger partial charge in [0.15, 0.2) is 0 Å². The Morgan fingerprint density at radius 2 is 1.86 bits per heavy atom. The van der Waals surface area contributed by atoms with E-state index in [4.69, 9.17) is 5.73 Å². The molecule has 2 saturated carbocycles. The van der Waals surface area contributed by atoms with Crippen LogP contribution in [0.1, 0.15) is 32.1 Å². The molecule has 0 heterocycles. The lowest BCUT2D eigenvalue weighted by Crippen LogP contribution is -2.49. The summed E-state index contributed by atoms with van der Waals surface area (Å²) in [7, 11) is 0. The van der Waals surface area contributed by atoms with E-state index in [1.54, 1.807) is 11.8 Å². The summed E-state index contributed by atoms with van der Waals surface area (Å²) in [6, 6.07) is 10.7. The van der Waals surface area contributed by atoms with Crippen LogP contribution in [0.25, 0.3) is 0 Å². The third-order valence-electron chi connectivity index (χ3n) is 5.20. The van der Waals surface area contributed by atoms with Crippen LogP contribution in [0.2, 0.25) is 0 Å². The van der Waals surface area contributed by atoms with E-state index in [1.807, 2.05) is 18.2 Å². The lowest BCUT2D eigenvalue weighted by molar-refractivity contribution is -0.127. The molecule has 22 heavy (non-hydrogen) atoms. The van der Waals surface area contributed by atoms with E-state index < -0.39 is 0 Å². The van der Waals surface area contributed by atoms with Gasteiger partial charge in [0.05, 0.1) is 0 Å². The third kappa shape index (κ3) is 3.85. The monoisotopic (exact) mass is 318 g/mol. The van der Waals surface area contributed by atoms with Gasteiger partial charge in [-0.3, -0.25) is 4.79 Å². The number of hydrogen-bond acceptors (Lipinski definition) is 3. The quantitative estimate of drug-likeness (QED) is 0.648. The van der Waals surface area contributed by atoms with Gasteiger partial charge in [0.2, 0.25) is 5.91 Å². The van der Waals surface area contributed by atoms with Crippen LogP contribution in [0.15, 0.2) is 35.2 Å². The SMILES string of the molecule is NC1C2CCCC1CC(C(=O)NCCSc1ccccc1)C2. The van der Waals surface area contributed by atoms with Crippen molar-refractivity contribution in [1.82, 2.24) is 5.32 Å². The first-order chi connectivity index (χ1) is 10.7. The number of carbonyl (C=O) groups excluding carboxylic acids is 1. The van der Waals surface area contributed by atoms with Gasteiger partial charge in [-0.05, 0) is 49.7 Å². The number of nitrogens with two attached hydrogens (primary N) is 1. The number of nitrogens with one attached hydrogen (secondary N) is 1. The number of rotatable bonds is 5. The number of fused-ring (bicyclic) bond motifs is 2. The fourth-order valence-electron chi connectivity index (χ4n) is 4.01. The van der Waals surface area contributed by atoms with Crippen LogP contribution in [0.3, 0.4) is 0 Å². The van der Waals surface area contributed by atoms with E-state index >= 15 is 0 Å². The van der Waals surface area contributed by atoms with Crippen molar-refractivity contribution in [2.24, 2.45) is 23.5 Å². The lowest BCUT2D eigenvalue weighted by atomic mass is 9.65. The van der Waals surface area contributed by atoms with Crippen LogP contribution < -0.4 is 11.1 Å². The predicted molar refractivity (Wildman–Crippen MR) is 91.7 cm³/mol. The zero-order chi connectivity index (χ0) is 15.4. The average molecular weight is 318 g/mol. The summed E-state index contributed by atoms with van der Waals surface area (Å²) in [5.74, 6) is 2.51. The molecule has 2 aliphatic carbocycles. The van der Waals surface area contributed by atoms with Crippen molar-refractivity contribution in [2.75, 3.05) is 12.3 Å². The van der Waals surface area contributed by atoms with Crippen molar-refractivity contribution in [3.05, 3.63) is 30.3 Å². The van der Waals surface area contributed by atoms with Crippen LogP contribution in [0.5, 0.6) is 0 Å². The van der Waals surface area contributed by atoms with E-state index in [-0.39, 0.29) is 11.8 Å². The molecular weight excluding hydrogens is 292 g/mol. The van der Waals surface area contributed by atoms with Crippen LogP contribution in [-0.4, -0.2) is 24.2 Å². The zero-order valence-corrected chi connectivity index (χ0v) is 13.9. The predicted octanol–water partition coefficient (Wildman–Crippen LogP) is 3.05. The normalized spacial score (nSPS) is 30.8. The molecule has 0 aromatic heterocycles. The average Bonchev–Trinajstić information content (AvgIpc) is 2.52. The number of benzene rings is 1. The Bertz CT molecular complexity index is 479. The van der Waals surface area contributed by atoms with Crippen LogP contribution in [0.4, 0.5) is 0 Å². The van der Waals surface area contributed by atoms with Crippen molar-refractivity contribution in [2.45, 2.75) is 43.0 Å². The van der Waals surface area contributed by atoms with Crippen molar-refractivity contribution >= 4 is 17.7 Å². The van der Waals surface area contributed by atoms with Crippen molar-refractivity contribution in [1.29, 1.82) is 0 Å². The Morgan fingerprint density at radius 3 is 2.55 bits per heavy atom. The van der Waals surface area contributed by atoms with Crippen molar-refractivity contribution in [3.8, 4) is 0 Å². The minimum absolute atomic E-state index is 0.192. The standard InChI is InChI=1S/C18H26N2OS/c19-17-13-5-4-6-14(17)12-15(11-13)18(21)20-9-10-22-16-7-2-1-3-8-16/h1-3,7-8,13-15,17H,4-6,9-12,19H2,(H,20,21). The molecule has 1 amide bonds. The Hall–Kier alpha value is -1.00. The maximum atomic E-state index is 12.4. The first-order valence-electron chi connectivity index (χ1n) is 8.45. The van der Waals surface area contributed by atoms with Gasteiger partial charge in [-0.25, -0.2) is 0 Å². The molecule has 1 aromatic rings. The lowest BCUT2D eigenvalue weighted by Gasteiger charge is -2.43. The van der Waals surface area contributed by atoms with Gasteiger partial charge in [-0.15, -0.1) is 11.8 Å². The van der Waals surface area contributed by atoms with E-state index in [0.717, 1.165) is 25.1 Å². The molecule has 3 rings (SSSR count). The minimum Gasteiger partial charge on any atom is -0.355 e. The minimum atomic E-state index is 0.192. The molecule has 3 N–H and O–H groups in total. The van der Waals surface area contributed by atoms with Gasteiger partial charge in [0.25, 0.3) is 0 Å². The van der Waals surface area contributed by atoms with Crippen molar-refractivity contribution in [3.63, 3.8) is 0 Å². The van der Waals surface area contributed by atoms with Gasteiger partial charge >= 0.3 is 0 Å². The molecule has 2 fully saturated rings. The van der Waals surface area contributed by atoms with Crippen LogP contribution in [-0.2, 0) is 4.79 Å². The number of hydrogen-bond donors (Lipinski definition) is 2. The summed E-state index contributed by atoms with van der Waals surface area (Å²) in [6.07, 6.45) is 5.71. The topological polar surface area (TPSA) is 55.1 Å². The first-order valence-corrected chi connectivity index (χ1v) is 9.43. The molecule has 0 spiro atoms. The molecule has 0 radical (unpaired) electrons. The molecule has 2 aliphatic rings. The third-order valence-corrected chi connectivity index (χ3v) is 6.21. The Labute approximate surface area is 137 Å². The highest BCUT2D eigenvalue weighted by molar-refractivity contribution is 7.99. The van der Waals surface area contributed by atoms with E-state index in [2.05, 4.69) is 17.4 Å². The second-order valence-electron chi connectivity index (χ2n) is 6.65. The van der Waals surface area contributed by atoms with E-state index in [0.29, 0.717) is 17.9 Å². The highest BCUT2D eigenvalue weighted by atomic mass is 32.2. The van der Waals surface area contributed by atoms with Crippen LogP contribution >= 0.6 is 11.8 Å². The maximum Gasteiger partial charge on any atom is 0.223 e. The van der Waals surface area contributed by atoms with Crippen molar-refractivity contribution < 1.29 is 4.79 Å². The highest BCUT2D eigenvalue weighted by Crippen LogP contribution is 2.41. The zero-order valence-electron chi connectivity index (χ0n) is 13.0. The fraction of sp³-hybridized carbons (Fsp3) is 0.611. The molecule has 120 valence electrons. The number of thioether (sulfide) groups is 1. The molecule has 2 atom stereocenters. The Morgan fingerprint density at radius 1 is 1.18 bits per heavy atom. The van der Waals surface area contributed by atoms with Gasteiger partial charge in [0.1, 0.15) is 0 Å². The first kappa shape index (κ1) is 15.9. The maximum absolute atomic E-state index is 12.4. The van der Waals surface area contributed by atoms with Gasteiger partial charge in [0, 0.05) is 29.2 Å². The molecule has 2 unspecified atom stereocenters. The molecule has 0 aliphatic heterocycles. The van der Waals surface area contributed by atoms with Gasteiger partial charge in [-0.2, -0.15) is 0 Å². The van der Waals surface area contributed by atoms with E-state index in [9.17, 15) is 4.79 Å². The fourth-order valence-corrected chi connectivity index (χ4v) is 4.80. The van der Waals surface area contributed by atoms with Gasteiger partial charge in [-0.1, -0.05) is 24.6 Å². The summed E-state index contributed by atoms with van der Waals surface area (Å²) in [4.78, 5) is 13.6. The smallest absolute Gasteiger partial charge is 0.223 e. The van der Waals surface area contributed by atoms with Crippen LogP contribution in [0, 0.1) is 17.8 Å². The Balaban J connectivity index is 1.41.